The second kappa shape index (κ2) is 6.52. The van der Waals surface area contributed by atoms with Crippen LogP contribution in [0.2, 0.25) is 0 Å². The van der Waals surface area contributed by atoms with Crippen LogP contribution < -0.4 is 0 Å². The minimum atomic E-state index is -1.12. The normalized spacial score (nSPS) is 13.1. The molecule has 0 bridgehead atoms. The summed E-state index contributed by atoms with van der Waals surface area (Å²) in [6.45, 7) is 5.08. The van der Waals surface area contributed by atoms with E-state index >= 15 is 0 Å². The Morgan fingerprint density at radius 3 is 2.44 bits per heavy atom. The van der Waals surface area contributed by atoms with Gasteiger partial charge in [-0.05, 0) is 19.4 Å². The highest BCUT2D eigenvalue weighted by Gasteiger charge is 2.29. The molecule has 0 fully saturated rings. The topological polar surface area (TPSA) is 55.8 Å². The van der Waals surface area contributed by atoms with Crippen molar-refractivity contribution in [3.8, 4) is 0 Å². The van der Waals surface area contributed by atoms with Crippen LogP contribution in [0.1, 0.15) is 26.3 Å². The van der Waals surface area contributed by atoms with Gasteiger partial charge in [0.15, 0.2) is 6.10 Å². The van der Waals surface area contributed by atoms with Gasteiger partial charge in [0, 0.05) is 6.92 Å². The molecule has 18 heavy (non-hydrogen) atoms. The molecule has 1 aromatic carbocycles. The van der Waals surface area contributed by atoms with Crippen LogP contribution in [0.15, 0.2) is 30.3 Å². The fourth-order valence-electron chi connectivity index (χ4n) is 1.44. The Hall–Kier alpha value is -1.39. The molecule has 1 rings (SSSR count). The molecular formula is C14H20O4. The Balaban J connectivity index is 2.45. The maximum atomic E-state index is 10.9. The van der Waals surface area contributed by atoms with Crippen molar-refractivity contribution >= 4 is 5.97 Å². The summed E-state index contributed by atoms with van der Waals surface area (Å²) in [6.07, 6.45) is -0.668. The maximum Gasteiger partial charge on any atom is 0.303 e. The van der Waals surface area contributed by atoms with E-state index in [1.807, 2.05) is 30.3 Å². The average Bonchev–Trinajstić information content (AvgIpc) is 2.27. The monoisotopic (exact) mass is 252 g/mol. The van der Waals surface area contributed by atoms with E-state index in [2.05, 4.69) is 0 Å². The Morgan fingerprint density at radius 1 is 1.33 bits per heavy atom. The molecule has 1 atom stereocenters. The summed E-state index contributed by atoms with van der Waals surface area (Å²) in [5.41, 5.74) is -0.0858. The molecule has 4 nitrogen and oxygen atoms in total. The van der Waals surface area contributed by atoms with Gasteiger partial charge >= 0.3 is 5.97 Å². The molecule has 0 aromatic heterocycles. The number of hydrogen-bond acceptors (Lipinski definition) is 4. The number of carbonyl (C=O) groups is 1. The van der Waals surface area contributed by atoms with Crippen molar-refractivity contribution in [1.82, 2.24) is 0 Å². The van der Waals surface area contributed by atoms with Crippen molar-refractivity contribution < 1.29 is 19.4 Å². The first-order chi connectivity index (χ1) is 8.39. The second-order valence-electron chi connectivity index (χ2n) is 4.75. The van der Waals surface area contributed by atoms with Gasteiger partial charge in [0.1, 0.15) is 0 Å². The zero-order valence-electron chi connectivity index (χ0n) is 11.1. The van der Waals surface area contributed by atoms with Gasteiger partial charge in [-0.15, -0.1) is 0 Å². The molecule has 0 radical (unpaired) electrons. The number of rotatable bonds is 6. The standard InChI is InChI=1S/C14H20O4/c1-11(15)18-13(14(2,3)16)10-17-9-12-7-5-4-6-8-12/h4-8,13,16H,9-10H2,1-3H3. The molecule has 1 unspecified atom stereocenters. The Morgan fingerprint density at radius 2 is 1.94 bits per heavy atom. The molecule has 0 aliphatic carbocycles. The third kappa shape index (κ3) is 5.29. The van der Waals surface area contributed by atoms with Crippen molar-refractivity contribution in [3.63, 3.8) is 0 Å². The molecule has 100 valence electrons. The van der Waals surface area contributed by atoms with Gasteiger partial charge < -0.3 is 14.6 Å². The van der Waals surface area contributed by atoms with Crippen molar-refractivity contribution in [2.24, 2.45) is 0 Å². The van der Waals surface area contributed by atoms with Crippen molar-refractivity contribution in [3.05, 3.63) is 35.9 Å². The summed E-state index contributed by atoms with van der Waals surface area (Å²) >= 11 is 0. The van der Waals surface area contributed by atoms with Gasteiger partial charge in [-0.3, -0.25) is 4.79 Å². The van der Waals surface area contributed by atoms with Gasteiger partial charge in [0.05, 0.1) is 18.8 Å². The van der Waals surface area contributed by atoms with Crippen molar-refractivity contribution in [2.45, 2.75) is 39.1 Å². The van der Waals surface area contributed by atoms with Gasteiger partial charge in [-0.25, -0.2) is 0 Å². The predicted octanol–water partition coefficient (Wildman–Crippen LogP) is 1.91. The van der Waals surface area contributed by atoms with Gasteiger partial charge in [0.25, 0.3) is 0 Å². The molecule has 1 N–H and O–H groups in total. The first-order valence-electron chi connectivity index (χ1n) is 5.91. The molecule has 0 saturated heterocycles. The van der Waals surface area contributed by atoms with Crippen LogP contribution in [-0.2, 0) is 20.9 Å². The lowest BCUT2D eigenvalue weighted by Gasteiger charge is -2.28. The van der Waals surface area contributed by atoms with E-state index in [0.29, 0.717) is 6.61 Å². The van der Waals surface area contributed by atoms with Crippen LogP contribution in [-0.4, -0.2) is 29.4 Å². The molecule has 4 heteroatoms. The summed E-state index contributed by atoms with van der Waals surface area (Å²) in [7, 11) is 0. The fourth-order valence-corrected chi connectivity index (χ4v) is 1.44. The van der Waals surface area contributed by atoms with Crippen LogP contribution in [0.4, 0.5) is 0 Å². The average molecular weight is 252 g/mol. The smallest absolute Gasteiger partial charge is 0.303 e. The van der Waals surface area contributed by atoms with Crippen LogP contribution in [0.3, 0.4) is 0 Å². The predicted molar refractivity (Wildman–Crippen MR) is 67.9 cm³/mol. The minimum Gasteiger partial charge on any atom is -0.457 e. The third-order valence-corrected chi connectivity index (χ3v) is 2.48. The first-order valence-corrected chi connectivity index (χ1v) is 5.91. The minimum absolute atomic E-state index is 0.165. The summed E-state index contributed by atoms with van der Waals surface area (Å²) in [6, 6.07) is 9.69. The molecule has 0 saturated carbocycles. The van der Waals surface area contributed by atoms with Gasteiger partial charge in [0.2, 0.25) is 0 Å². The van der Waals surface area contributed by atoms with E-state index in [4.69, 9.17) is 9.47 Å². The van der Waals surface area contributed by atoms with Gasteiger partial charge in [-0.2, -0.15) is 0 Å². The zero-order chi connectivity index (χ0) is 13.6. The molecule has 0 spiro atoms. The lowest BCUT2D eigenvalue weighted by atomic mass is 10.0. The number of aliphatic hydroxyl groups is 1. The molecular weight excluding hydrogens is 232 g/mol. The largest absolute Gasteiger partial charge is 0.457 e. The number of carbonyl (C=O) groups excluding carboxylic acids is 1. The van der Waals surface area contributed by atoms with Crippen LogP contribution in [0.25, 0.3) is 0 Å². The van der Waals surface area contributed by atoms with Crippen LogP contribution in [0.5, 0.6) is 0 Å². The number of ether oxygens (including phenoxy) is 2. The number of hydrogen-bond donors (Lipinski definition) is 1. The van der Waals surface area contributed by atoms with Crippen LogP contribution in [0, 0.1) is 0 Å². The van der Waals surface area contributed by atoms with E-state index in [0.717, 1.165) is 5.56 Å². The Kier molecular flexibility index (Phi) is 5.31. The SMILES string of the molecule is CC(=O)OC(COCc1ccccc1)C(C)(C)O. The molecule has 0 heterocycles. The summed E-state index contributed by atoms with van der Waals surface area (Å²) < 4.78 is 10.5. The number of benzene rings is 1. The highest BCUT2D eigenvalue weighted by molar-refractivity contribution is 5.66. The lowest BCUT2D eigenvalue weighted by molar-refractivity contribution is -0.166. The van der Waals surface area contributed by atoms with E-state index in [1.54, 1.807) is 13.8 Å². The highest BCUT2D eigenvalue weighted by Crippen LogP contribution is 2.14. The molecule has 0 amide bonds. The van der Waals surface area contributed by atoms with E-state index in [1.165, 1.54) is 6.92 Å². The summed E-state index contributed by atoms with van der Waals surface area (Å²) in [5, 5.41) is 9.87. The molecule has 0 aliphatic heterocycles. The van der Waals surface area contributed by atoms with Gasteiger partial charge in [-0.1, -0.05) is 30.3 Å². The van der Waals surface area contributed by atoms with E-state index in [-0.39, 0.29) is 6.61 Å². The third-order valence-electron chi connectivity index (χ3n) is 2.48. The molecule has 1 aromatic rings. The fraction of sp³-hybridized carbons (Fsp3) is 0.500. The number of esters is 1. The Bertz CT molecular complexity index is 367. The zero-order valence-corrected chi connectivity index (χ0v) is 11.1. The van der Waals surface area contributed by atoms with Crippen molar-refractivity contribution in [2.75, 3.05) is 6.61 Å². The van der Waals surface area contributed by atoms with Crippen LogP contribution >= 0.6 is 0 Å². The maximum absolute atomic E-state index is 10.9. The highest BCUT2D eigenvalue weighted by atomic mass is 16.6. The summed E-state index contributed by atoms with van der Waals surface area (Å²) in [4.78, 5) is 10.9. The molecule has 0 aliphatic rings. The summed E-state index contributed by atoms with van der Waals surface area (Å²) in [5.74, 6) is -0.426. The van der Waals surface area contributed by atoms with Crippen molar-refractivity contribution in [1.29, 1.82) is 0 Å². The Labute approximate surface area is 108 Å². The quantitative estimate of drug-likeness (QED) is 0.786. The van der Waals surface area contributed by atoms with E-state index in [9.17, 15) is 9.90 Å². The first kappa shape index (κ1) is 14.7. The second-order valence-corrected chi connectivity index (χ2v) is 4.75. The lowest BCUT2D eigenvalue weighted by Crippen LogP contribution is -2.42. The van der Waals surface area contributed by atoms with E-state index < -0.39 is 17.7 Å².